The fraction of sp³-hybridized carbons (Fsp3) is 0.467. The van der Waals surface area contributed by atoms with E-state index >= 15 is 0 Å². The van der Waals surface area contributed by atoms with Crippen molar-refractivity contribution in [2.45, 2.75) is 44.0 Å². The van der Waals surface area contributed by atoms with E-state index < -0.39 is 27.8 Å². The van der Waals surface area contributed by atoms with E-state index in [1.807, 2.05) is 6.92 Å². The number of unbranched alkanes of at least 4 members (excludes halogenated alkanes) is 1. The fourth-order valence-corrected chi connectivity index (χ4v) is 3.34. The molecule has 22 heavy (non-hydrogen) atoms. The molecule has 0 radical (unpaired) electrons. The monoisotopic (exact) mass is 327 g/mol. The van der Waals surface area contributed by atoms with Crippen molar-refractivity contribution in [1.29, 1.82) is 0 Å². The molecule has 0 fully saturated rings. The molecule has 0 aliphatic heterocycles. The van der Waals surface area contributed by atoms with Gasteiger partial charge in [0.15, 0.2) is 9.84 Å². The zero-order chi connectivity index (χ0) is 16.8. The number of sulfone groups is 1. The molecule has 0 heterocycles. The summed E-state index contributed by atoms with van der Waals surface area (Å²) >= 11 is 0. The third-order valence-corrected chi connectivity index (χ3v) is 4.92. The summed E-state index contributed by atoms with van der Waals surface area (Å²) in [5.41, 5.74) is 0.298. The first-order valence-corrected chi connectivity index (χ1v) is 8.77. The summed E-state index contributed by atoms with van der Waals surface area (Å²) in [4.78, 5) is 22.7. The minimum atomic E-state index is -3.31. The van der Waals surface area contributed by atoms with Crippen molar-refractivity contribution in [2.24, 2.45) is 0 Å². The molecule has 1 rings (SSSR count). The largest absolute Gasteiger partial charge is 0.481 e. The van der Waals surface area contributed by atoms with E-state index in [2.05, 4.69) is 5.32 Å². The molecule has 1 aromatic carbocycles. The molecule has 6 nitrogen and oxygen atoms in total. The van der Waals surface area contributed by atoms with Gasteiger partial charge in [-0.1, -0.05) is 13.3 Å². The van der Waals surface area contributed by atoms with E-state index in [1.54, 1.807) is 6.92 Å². The zero-order valence-corrected chi connectivity index (χ0v) is 13.5. The highest BCUT2D eigenvalue weighted by Gasteiger charge is 2.16. The summed E-state index contributed by atoms with van der Waals surface area (Å²) in [5.74, 6) is -1.33. The van der Waals surface area contributed by atoms with Crippen molar-refractivity contribution in [3.8, 4) is 0 Å². The van der Waals surface area contributed by atoms with Crippen molar-refractivity contribution in [3.05, 3.63) is 29.8 Å². The van der Waals surface area contributed by atoms with E-state index in [4.69, 9.17) is 5.11 Å². The van der Waals surface area contributed by atoms with Gasteiger partial charge in [-0.2, -0.15) is 0 Å². The highest BCUT2D eigenvalue weighted by Crippen LogP contribution is 2.14. The van der Waals surface area contributed by atoms with Crippen LogP contribution in [0.15, 0.2) is 29.2 Å². The Morgan fingerprint density at radius 2 is 1.82 bits per heavy atom. The van der Waals surface area contributed by atoms with Gasteiger partial charge >= 0.3 is 5.97 Å². The van der Waals surface area contributed by atoms with E-state index in [0.717, 1.165) is 6.42 Å². The van der Waals surface area contributed by atoms with E-state index in [1.165, 1.54) is 24.3 Å². The number of carboxylic acid groups (broad SMARTS) is 1. The maximum absolute atomic E-state index is 12.0. The lowest BCUT2D eigenvalue weighted by molar-refractivity contribution is -0.137. The summed E-state index contributed by atoms with van der Waals surface area (Å²) in [6, 6.07) is 5.17. The topological polar surface area (TPSA) is 101 Å². The van der Waals surface area contributed by atoms with E-state index in [9.17, 15) is 18.0 Å². The van der Waals surface area contributed by atoms with Gasteiger partial charge in [-0.3, -0.25) is 9.59 Å². The van der Waals surface area contributed by atoms with Gasteiger partial charge in [0.2, 0.25) is 0 Å². The lowest BCUT2D eigenvalue weighted by atomic mass is 10.2. The Hall–Kier alpha value is -1.89. The van der Waals surface area contributed by atoms with Gasteiger partial charge in [0.1, 0.15) is 0 Å². The van der Waals surface area contributed by atoms with E-state index in [0.29, 0.717) is 12.0 Å². The van der Waals surface area contributed by atoms with Crippen LogP contribution in [0.3, 0.4) is 0 Å². The number of carbonyl (C=O) groups is 2. The highest BCUT2D eigenvalue weighted by atomic mass is 32.2. The molecule has 2 N–H and O–H groups in total. The van der Waals surface area contributed by atoms with Crippen LogP contribution in [0.2, 0.25) is 0 Å². The van der Waals surface area contributed by atoms with Crippen molar-refractivity contribution >= 4 is 21.7 Å². The Morgan fingerprint density at radius 3 is 2.32 bits per heavy atom. The number of hydrogen-bond donors (Lipinski definition) is 2. The van der Waals surface area contributed by atoms with Crippen LogP contribution < -0.4 is 5.32 Å². The third kappa shape index (κ3) is 5.48. The molecule has 0 bridgehead atoms. The van der Waals surface area contributed by atoms with Crippen molar-refractivity contribution in [1.82, 2.24) is 5.32 Å². The Morgan fingerprint density at radius 1 is 1.23 bits per heavy atom. The quantitative estimate of drug-likeness (QED) is 0.759. The van der Waals surface area contributed by atoms with Crippen molar-refractivity contribution in [3.63, 3.8) is 0 Å². The van der Waals surface area contributed by atoms with Gasteiger partial charge in [-0.15, -0.1) is 0 Å². The number of nitrogens with one attached hydrogen (secondary N) is 1. The van der Waals surface area contributed by atoms with Gasteiger partial charge in [0.05, 0.1) is 17.1 Å². The predicted molar refractivity (Wildman–Crippen MR) is 82.6 cm³/mol. The molecular weight excluding hydrogens is 306 g/mol. The first-order valence-electron chi connectivity index (χ1n) is 7.11. The molecule has 1 aromatic rings. The maximum atomic E-state index is 12.0. The minimum Gasteiger partial charge on any atom is -0.481 e. The molecule has 7 heteroatoms. The number of rotatable bonds is 8. The number of hydrogen-bond acceptors (Lipinski definition) is 4. The maximum Gasteiger partial charge on any atom is 0.305 e. The van der Waals surface area contributed by atoms with Crippen molar-refractivity contribution in [2.75, 3.05) is 5.75 Å². The highest BCUT2D eigenvalue weighted by molar-refractivity contribution is 7.91. The average Bonchev–Trinajstić information content (AvgIpc) is 2.44. The van der Waals surface area contributed by atoms with Crippen LogP contribution in [-0.4, -0.2) is 37.2 Å². The minimum absolute atomic E-state index is 0.0880. The summed E-state index contributed by atoms with van der Waals surface area (Å²) in [7, 11) is -3.31. The molecule has 1 unspecified atom stereocenters. The lowest BCUT2D eigenvalue weighted by Gasteiger charge is -2.12. The predicted octanol–water partition coefficient (Wildman–Crippen LogP) is 1.85. The van der Waals surface area contributed by atoms with Crippen LogP contribution in [-0.2, 0) is 14.6 Å². The Labute approximate surface area is 130 Å². The van der Waals surface area contributed by atoms with Gasteiger partial charge in [0.25, 0.3) is 5.91 Å². The molecule has 0 spiro atoms. The van der Waals surface area contributed by atoms with Gasteiger partial charge in [0, 0.05) is 11.6 Å². The third-order valence-electron chi connectivity index (χ3n) is 3.10. The second-order valence-corrected chi connectivity index (χ2v) is 7.28. The molecular formula is C15H21NO5S. The fourth-order valence-electron chi connectivity index (χ4n) is 1.89. The molecule has 122 valence electrons. The van der Waals surface area contributed by atoms with Crippen LogP contribution in [0, 0.1) is 0 Å². The number of aliphatic carboxylic acids is 1. The normalized spacial score (nSPS) is 12.6. The summed E-state index contributed by atoms with van der Waals surface area (Å²) < 4.78 is 24.0. The molecule has 0 saturated carbocycles. The van der Waals surface area contributed by atoms with Gasteiger partial charge in [-0.05, 0) is 37.6 Å². The van der Waals surface area contributed by atoms with Crippen LogP contribution in [0.4, 0.5) is 0 Å². The Bertz CT molecular complexity index is 622. The van der Waals surface area contributed by atoms with Crippen LogP contribution in [0.1, 0.15) is 43.5 Å². The summed E-state index contributed by atoms with van der Waals surface area (Å²) in [6.07, 6.45) is 1.22. The van der Waals surface area contributed by atoms with Crippen LogP contribution in [0.25, 0.3) is 0 Å². The number of carboxylic acids is 1. The smallest absolute Gasteiger partial charge is 0.305 e. The Kier molecular flexibility index (Phi) is 6.55. The van der Waals surface area contributed by atoms with Crippen LogP contribution >= 0.6 is 0 Å². The van der Waals surface area contributed by atoms with Gasteiger partial charge in [-0.25, -0.2) is 8.42 Å². The van der Waals surface area contributed by atoms with E-state index in [-0.39, 0.29) is 17.1 Å². The molecule has 0 aliphatic carbocycles. The molecule has 1 amide bonds. The zero-order valence-electron chi connectivity index (χ0n) is 12.7. The second-order valence-electron chi connectivity index (χ2n) is 5.17. The summed E-state index contributed by atoms with van der Waals surface area (Å²) in [5, 5.41) is 11.2. The average molecular weight is 327 g/mol. The number of benzene rings is 1. The standard InChI is InChI=1S/C15H21NO5S/c1-3-4-9-22(20,21)13-7-5-12(6-8-13)15(19)16-11(2)10-14(17)18/h5-8,11H,3-4,9-10H2,1-2H3,(H,16,19)(H,17,18). The van der Waals surface area contributed by atoms with Crippen LogP contribution in [0.5, 0.6) is 0 Å². The SMILES string of the molecule is CCCCS(=O)(=O)c1ccc(C(=O)NC(C)CC(=O)O)cc1. The first kappa shape index (κ1) is 18.2. The Balaban J connectivity index is 2.76. The lowest BCUT2D eigenvalue weighted by Crippen LogP contribution is -2.34. The molecule has 0 aromatic heterocycles. The van der Waals surface area contributed by atoms with Gasteiger partial charge < -0.3 is 10.4 Å². The summed E-state index contributed by atoms with van der Waals surface area (Å²) in [6.45, 7) is 3.51. The molecule has 0 saturated heterocycles. The molecule has 0 aliphatic rings. The second kappa shape index (κ2) is 7.93. The first-order chi connectivity index (χ1) is 10.3. The van der Waals surface area contributed by atoms with Crippen molar-refractivity contribution < 1.29 is 23.1 Å². The number of carbonyl (C=O) groups excluding carboxylic acids is 1. The number of amides is 1. The molecule has 1 atom stereocenters.